The topological polar surface area (TPSA) is 107 Å². The normalized spacial score (nSPS) is 18.5. The summed E-state index contributed by atoms with van der Waals surface area (Å²) in [7, 11) is 1.37. The molecule has 1 amide bonds. The smallest absolute Gasteiger partial charge is 0.295 e. The number of ketones is 1. The number of carbonyl (C=O) groups excluding carboxylic acids is 2. The SMILES string of the molecule is COc1cc([C@@H]2C(=C(O)c3ccc(Cl)cc3)C(=O)C(=O)N2CCO)ccc1O. The standard InChI is InChI=1S/C20H18ClNO6/c1-28-15-10-12(4-7-14(15)24)17-16(19(26)20(27)22(17)8-9-23)18(25)11-2-5-13(21)6-3-11/h2-7,10,17,23-25H,8-9H2,1H3/t17-/m1/s1. The lowest BCUT2D eigenvalue weighted by Crippen LogP contribution is -2.32. The van der Waals surface area contributed by atoms with E-state index in [-0.39, 0.29) is 36.0 Å². The van der Waals surface area contributed by atoms with Crippen molar-refractivity contribution < 1.29 is 29.6 Å². The van der Waals surface area contributed by atoms with E-state index in [4.69, 9.17) is 16.3 Å². The van der Waals surface area contributed by atoms with Gasteiger partial charge in [0.25, 0.3) is 11.7 Å². The molecular formula is C20H18ClNO6. The Labute approximate surface area is 166 Å². The van der Waals surface area contributed by atoms with Crippen LogP contribution in [0, 0.1) is 0 Å². The Bertz CT molecular complexity index is 954. The van der Waals surface area contributed by atoms with E-state index in [1.165, 1.54) is 42.3 Å². The van der Waals surface area contributed by atoms with Gasteiger partial charge in [-0.3, -0.25) is 9.59 Å². The molecule has 3 rings (SSSR count). The monoisotopic (exact) mass is 403 g/mol. The highest BCUT2D eigenvalue weighted by Gasteiger charge is 2.46. The average Bonchev–Trinajstić information content (AvgIpc) is 2.94. The number of amides is 1. The first-order valence-electron chi connectivity index (χ1n) is 8.41. The molecule has 0 radical (unpaired) electrons. The van der Waals surface area contributed by atoms with E-state index in [0.29, 0.717) is 16.1 Å². The molecule has 0 bridgehead atoms. The summed E-state index contributed by atoms with van der Waals surface area (Å²) < 4.78 is 5.11. The van der Waals surface area contributed by atoms with E-state index >= 15 is 0 Å². The number of carbonyl (C=O) groups is 2. The third-order valence-electron chi connectivity index (χ3n) is 4.52. The molecule has 28 heavy (non-hydrogen) atoms. The van der Waals surface area contributed by atoms with Crippen molar-refractivity contribution in [3.05, 3.63) is 64.2 Å². The first-order valence-corrected chi connectivity index (χ1v) is 8.79. The van der Waals surface area contributed by atoms with Crippen molar-refractivity contribution in [1.29, 1.82) is 0 Å². The summed E-state index contributed by atoms with van der Waals surface area (Å²) in [6, 6.07) is 9.60. The van der Waals surface area contributed by atoms with Gasteiger partial charge in [-0.05, 0) is 42.0 Å². The summed E-state index contributed by atoms with van der Waals surface area (Å²) in [6.45, 7) is -0.463. The highest BCUT2D eigenvalue weighted by molar-refractivity contribution is 6.46. The number of phenols is 1. The van der Waals surface area contributed by atoms with Crippen LogP contribution in [-0.2, 0) is 9.59 Å². The lowest BCUT2D eigenvalue weighted by molar-refractivity contribution is -0.140. The third-order valence-corrected chi connectivity index (χ3v) is 4.77. The zero-order valence-electron chi connectivity index (χ0n) is 14.9. The number of methoxy groups -OCH3 is 1. The van der Waals surface area contributed by atoms with Gasteiger partial charge in [-0.25, -0.2) is 0 Å². The van der Waals surface area contributed by atoms with E-state index in [0.717, 1.165) is 0 Å². The minimum atomic E-state index is -0.947. The first kappa shape index (κ1) is 19.7. The Kier molecular flexibility index (Phi) is 5.58. The number of β-amino-alcohol motifs (C(OH)–C–C–N with tert-alkyl or cyclic N) is 1. The fourth-order valence-electron chi connectivity index (χ4n) is 3.19. The van der Waals surface area contributed by atoms with Crippen molar-refractivity contribution in [1.82, 2.24) is 4.90 Å². The van der Waals surface area contributed by atoms with Gasteiger partial charge in [0, 0.05) is 17.1 Å². The molecular weight excluding hydrogens is 386 g/mol. The van der Waals surface area contributed by atoms with Crippen LogP contribution in [0.2, 0.25) is 5.02 Å². The number of benzene rings is 2. The van der Waals surface area contributed by atoms with Crippen LogP contribution in [0.4, 0.5) is 0 Å². The maximum Gasteiger partial charge on any atom is 0.295 e. The summed E-state index contributed by atoms with van der Waals surface area (Å²) in [4.78, 5) is 26.4. The van der Waals surface area contributed by atoms with Gasteiger partial charge in [0.05, 0.1) is 25.3 Å². The fraction of sp³-hybridized carbons (Fsp3) is 0.200. The van der Waals surface area contributed by atoms with Gasteiger partial charge in [-0.15, -0.1) is 0 Å². The second-order valence-corrected chi connectivity index (χ2v) is 6.59. The number of hydrogen-bond acceptors (Lipinski definition) is 6. The summed E-state index contributed by atoms with van der Waals surface area (Å²) >= 11 is 5.87. The average molecular weight is 404 g/mol. The predicted octanol–water partition coefficient (Wildman–Crippen LogP) is 2.47. The van der Waals surface area contributed by atoms with Crippen LogP contribution in [0.15, 0.2) is 48.0 Å². The van der Waals surface area contributed by atoms with Crippen LogP contribution in [0.1, 0.15) is 17.2 Å². The number of likely N-dealkylation sites (tertiary alicyclic amines) is 1. The van der Waals surface area contributed by atoms with Crippen LogP contribution in [0.3, 0.4) is 0 Å². The van der Waals surface area contributed by atoms with Crippen molar-refractivity contribution >= 4 is 29.1 Å². The Morgan fingerprint density at radius 2 is 1.86 bits per heavy atom. The molecule has 1 aliphatic rings. The minimum Gasteiger partial charge on any atom is -0.507 e. The number of aromatic hydroxyl groups is 1. The molecule has 1 aliphatic heterocycles. The molecule has 0 unspecified atom stereocenters. The number of hydrogen-bond donors (Lipinski definition) is 3. The third kappa shape index (κ3) is 3.42. The van der Waals surface area contributed by atoms with E-state index in [1.54, 1.807) is 12.1 Å². The number of rotatable bonds is 5. The fourth-order valence-corrected chi connectivity index (χ4v) is 3.32. The number of aliphatic hydroxyl groups is 2. The van der Waals surface area contributed by atoms with Gasteiger partial charge >= 0.3 is 0 Å². The van der Waals surface area contributed by atoms with Gasteiger partial charge < -0.3 is 25.0 Å². The molecule has 7 nitrogen and oxygen atoms in total. The largest absolute Gasteiger partial charge is 0.507 e. The predicted molar refractivity (Wildman–Crippen MR) is 102 cm³/mol. The molecule has 1 atom stereocenters. The zero-order valence-corrected chi connectivity index (χ0v) is 15.7. The summed E-state index contributed by atoms with van der Waals surface area (Å²) in [5.41, 5.74) is 0.647. The second kappa shape index (κ2) is 7.92. The van der Waals surface area contributed by atoms with Gasteiger partial charge in [0.15, 0.2) is 11.5 Å². The Morgan fingerprint density at radius 3 is 2.46 bits per heavy atom. The summed E-state index contributed by atoms with van der Waals surface area (Å²) in [5.74, 6) is -2.01. The molecule has 0 saturated carbocycles. The number of ether oxygens (including phenoxy) is 1. The number of halogens is 1. The molecule has 1 heterocycles. The minimum absolute atomic E-state index is 0.101. The van der Waals surface area contributed by atoms with Crippen molar-refractivity contribution in [2.24, 2.45) is 0 Å². The molecule has 2 aromatic rings. The maximum absolute atomic E-state index is 12.7. The molecule has 2 aromatic carbocycles. The van der Waals surface area contributed by atoms with E-state index in [1.807, 2.05) is 0 Å². The lowest BCUT2D eigenvalue weighted by atomic mass is 9.95. The van der Waals surface area contributed by atoms with Crippen LogP contribution in [0.25, 0.3) is 5.76 Å². The molecule has 3 N–H and O–H groups in total. The van der Waals surface area contributed by atoms with Crippen LogP contribution in [-0.4, -0.2) is 52.2 Å². The molecule has 1 saturated heterocycles. The molecule has 0 aliphatic carbocycles. The Balaban J connectivity index is 2.20. The van der Waals surface area contributed by atoms with Gasteiger partial charge in [0.2, 0.25) is 0 Å². The number of nitrogens with zero attached hydrogens (tertiary/aromatic N) is 1. The van der Waals surface area contributed by atoms with E-state index < -0.39 is 17.7 Å². The molecule has 0 aromatic heterocycles. The van der Waals surface area contributed by atoms with E-state index in [9.17, 15) is 24.9 Å². The maximum atomic E-state index is 12.7. The molecule has 146 valence electrons. The molecule has 1 fully saturated rings. The lowest BCUT2D eigenvalue weighted by Gasteiger charge is -2.25. The molecule has 0 spiro atoms. The Hall–Kier alpha value is -3.03. The highest BCUT2D eigenvalue weighted by atomic mass is 35.5. The van der Waals surface area contributed by atoms with Gasteiger partial charge in [-0.2, -0.15) is 0 Å². The second-order valence-electron chi connectivity index (χ2n) is 6.15. The van der Waals surface area contributed by atoms with E-state index in [2.05, 4.69) is 0 Å². The number of Topliss-reactive ketones (excluding diaryl/α,β-unsaturated/α-hetero) is 1. The van der Waals surface area contributed by atoms with Crippen LogP contribution >= 0.6 is 11.6 Å². The Morgan fingerprint density at radius 1 is 1.18 bits per heavy atom. The highest BCUT2D eigenvalue weighted by Crippen LogP contribution is 2.41. The number of phenolic OH excluding ortho intramolecular Hbond substituents is 1. The van der Waals surface area contributed by atoms with Crippen molar-refractivity contribution in [3.8, 4) is 11.5 Å². The van der Waals surface area contributed by atoms with Crippen molar-refractivity contribution in [2.75, 3.05) is 20.3 Å². The van der Waals surface area contributed by atoms with Crippen molar-refractivity contribution in [2.45, 2.75) is 6.04 Å². The van der Waals surface area contributed by atoms with Crippen molar-refractivity contribution in [3.63, 3.8) is 0 Å². The van der Waals surface area contributed by atoms with Gasteiger partial charge in [-0.1, -0.05) is 17.7 Å². The van der Waals surface area contributed by atoms with Gasteiger partial charge in [0.1, 0.15) is 5.76 Å². The quantitative estimate of drug-likeness (QED) is 0.402. The number of aliphatic hydroxyl groups excluding tert-OH is 2. The summed E-state index contributed by atoms with van der Waals surface area (Å²) in [6.07, 6.45) is 0. The molecule has 8 heteroatoms. The van der Waals surface area contributed by atoms with Crippen LogP contribution in [0.5, 0.6) is 11.5 Å². The zero-order chi connectivity index (χ0) is 20.4. The first-order chi connectivity index (χ1) is 13.4. The summed E-state index contributed by atoms with van der Waals surface area (Å²) in [5, 5.41) is 30.4. The van der Waals surface area contributed by atoms with Crippen LogP contribution < -0.4 is 4.74 Å².